The number of aromatic nitrogens is 1. The highest BCUT2D eigenvalue weighted by Gasteiger charge is 2.32. The largest absolute Gasteiger partial charge is 0.345 e. The summed E-state index contributed by atoms with van der Waals surface area (Å²) in [6.45, 7) is 0.318. The SMILES string of the molecule is Cn1cc(S(=O)(=O)N2CCc3ccccc32)cc1C(=O)Nc1ccc(F)cc1F. The lowest BCUT2D eigenvalue weighted by molar-refractivity contribution is 0.101. The number of carbonyl (C=O) groups is 1. The first-order valence-corrected chi connectivity index (χ1v) is 10.2. The van der Waals surface area contributed by atoms with Gasteiger partial charge in [0.1, 0.15) is 22.2 Å². The minimum absolute atomic E-state index is 0.0276. The number of fused-ring (bicyclic) bond motifs is 1. The topological polar surface area (TPSA) is 71.4 Å². The summed E-state index contributed by atoms with van der Waals surface area (Å²) in [4.78, 5) is 12.5. The van der Waals surface area contributed by atoms with E-state index in [1.807, 2.05) is 12.1 Å². The molecule has 0 unspecified atom stereocenters. The Kier molecular flexibility index (Phi) is 4.62. The van der Waals surface area contributed by atoms with E-state index in [1.165, 1.54) is 28.2 Å². The number of aryl methyl sites for hydroxylation is 1. The van der Waals surface area contributed by atoms with Gasteiger partial charge >= 0.3 is 0 Å². The molecule has 9 heteroatoms. The minimum atomic E-state index is -3.87. The molecule has 0 fully saturated rings. The summed E-state index contributed by atoms with van der Waals surface area (Å²) in [5.74, 6) is -2.39. The van der Waals surface area contributed by atoms with Crippen molar-refractivity contribution in [3.8, 4) is 0 Å². The standard InChI is InChI=1S/C20H17F2N3O3S/c1-24-12-15(29(27,28)25-9-8-13-4-2-3-5-18(13)25)11-19(24)20(26)23-17-7-6-14(21)10-16(17)22/h2-7,10-12H,8-9H2,1H3,(H,23,26). The van der Waals surface area contributed by atoms with Crippen LogP contribution in [0.4, 0.5) is 20.2 Å². The highest BCUT2D eigenvalue weighted by atomic mass is 32.2. The molecule has 29 heavy (non-hydrogen) atoms. The zero-order valence-corrected chi connectivity index (χ0v) is 16.2. The zero-order valence-electron chi connectivity index (χ0n) is 15.4. The van der Waals surface area contributed by atoms with Crippen molar-refractivity contribution in [1.82, 2.24) is 4.57 Å². The Morgan fingerprint density at radius 3 is 2.62 bits per heavy atom. The monoisotopic (exact) mass is 417 g/mol. The number of benzene rings is 2. The molecule has 1 aromatic heterocycles. The van der Waals surface area contributed by atoms with E-state index in [1.54, 1.807) is 12.1 Å². The second kappa shape index (κ2) is 7.00. The number of carbonyl (C=O) groups excluding carboxylic acids is 1. The van der Waals surface area contributed by atoms with Crippen LogP contribution < -0.4 is 9.62 Å². The second-order valence-electron chi connectivity index (χ2n) is 6.71. The summed E-state index contributed by atoms with van der Waals surface area (Å²) in [7, 11) is -2.34. The predicted molar refractivity (Wildman–Crippen MR) is 104 cm³/mol. The highest BCUT2D eigenvalue weighted by molar-refractivity contribution is 7.92. The molecule has 4 rings (SSSR count). The van der Waals surface area contributed by atoms with Crippen LogP contribution >= 0.6 is 0 Å². The van der Waals surface area contributed by atoms with Crippen LogP contribution in [0, 0.1) is 11.6 Å². The van der Waals surface area contributed by atoms with Gasteiger partial charge in [-0.2, -0.15) is 0 Å². The Labute approximate surface area is 166 Å². The quantitative estimate of drug-likeness (QED) is 0.708. The molecule has 3 aromatic rings. The summed E-state index contributed by atoms with van der Waals surface area (Å²) in [6.07, 6.45) is 1.95. The van der Waals surface area contributed by atoms with Crippen LogP contribution in [0.25, 0.3) is 0 Å². The maximum Gasteiger partial charge on any atom is 0.272 e. The molecule has 2 heterocycles. The summed E-state index contributed by atoms with van der Waals surface area (Å²) in [5.41, 5.74) is 1.39. The van der Waals surface area contributed by atoms with Crippen molar-refractivity contribution in [2.45, 2.75) is 11.3 Å². The Morgan fingerprint density at radius 1 is 1.10 bits per heavy atom. The fourth-order valence-electron chi connectivity index (χ4n) is 3.36. The van der Waals surface area contributed by atoms with Crippen LogP contribution in [0.1, 0.15) is 16.1 Å². The van der Waals surface area contributed by atoms with Gasteiger partial charge in [-0.05, 0) is 36.2 Å². The molecular weight excluding hydrogens is 400 g/mol. The first kappa shape index (κ1) is 19.1. The lowest BCUT2D eigenvalue weighted by atomic mass is 10.2. The molecular formula is C20H17F2N3O3S. The minimum Gasteiger partial charge on any atom is -0.345 e. The van der Waals surface area contributed by atoms with Crippen LogP contribution in [-0.2, 0) is 23.5 Å². The first-order chi connectivity index (χ1) is 13.8. The average molecular weight is 417 g/mol. The van der Waals surface area contributed by atoms with E-state index >= 15 is 0 Å². The molecule has 1 amide bonds. The van der Waals surface area contributed by atoms with Gasteiger partial charge in [0.25, 0.3) is 15.9 Å². The van der Waals surface area contributed by atoms with Crippen molar-refractivity contribution in [3.63, 3.8) is 0 Å². The third kappa shape index (κ3) is 3.38. The normalized spacial score (nSPS) is 13.4. The van der Waals surface area contributed by atoms with Crippen molar-refractivity contribution in [2.24, 2.45) is 7.05 Å². The smallest absolute Gasteiger partial charge is 0.272 e. The van der Waals surface area contributed by atoms with Crippen LogP contribution in [-0.4, -0.2) is 25.4 Å². The van der Waals surface area contributed by atoms with Gasteiger partial charge in [0.05, 0.1) is 11.4 Å². The van der Waals surface area contributed by atoms with E-state index < -0.39 is 27.6 Å². The summed E-state index contributed by atoms with van der Waals surface area (Å²) in [5, 5.41) is 2.33. The van der Waals surface area contributed by atoms with E-state index in [2.05, 4.69) is 5.32 Å². The number of nitrogens with one attached hydrogen (secondary N) is 1. The Balaban J connectivity index is 1.63. The molecule has 6 nitrogen and oxygen atoms in total. The molecule has 0 spiro atoms. The Hall–Kier alpha value is -3.20. The van der Waals surface area contributed by atoms with E-state index in [-0.39, 0.29) is 16.3 Å². The molecule has 1 N–H and O–H groups in total. The molecule has 0 bridgehead atoms. The van der Waals surface area contributed by atoms with Crippen molar-refractivity contribution in [2.75, 3.05) is 16.2 Å². The number of hydrogen-bond acceptors (Lipinski definition) is 3. The van der Waals surface area contributed by atoms with Crippen LogP contribution in [0.2, 0.25) is 0 Å². The Morgan fingerprint density at radius 2 is 1.86 bits per heavy atom. The molecule has 1 aliphatic rings. The molecule has 0 radical (unpaired) electrons. The van der Waals surface area contributed by atoms with Gasteiger partial charge in [0.15, 0.2) is 0 Å². The molecule has 1 aliphatic heterocycles. The summed E-state index contributed by atoms with van der Waals surface area (Å²) < 4.78 is 55.7. The highest BCUT2D eigenvalue weighted by Crippen LogP contribution is 2.33. The molecule has 2 aromatic carbocycles. The van der Waals surface area contributed by atoms with Crippen molar-refractivity contribution >= 4 is 27.3 Å². The summed E-state index contributed by atoms with van der Waals surface area (Å²) in [6, 6.07) is 11.3. The van der Waals surface area contributed by atoms with Gasteiger partial charge in [-0.25, -0.2) is 17.2 Å². The van der Waals surface area contributed by atoms with Crippen molar-refractivity contribution < 1.29 is 22.0 Å². The van der Waals surface area contributed by atoms with Gasteiger partial charge in [-0.3, -0.25) is 9.10 Å². The maximum atomic E-state index is 13.8. The first-order valence-electron chi connectivity index (χ1n) is 8.81. The average Bonchev–Trinajstić information content (AvgIpc) is 3.28. The third-order valence-electron chi connectivity index (χ3n) is 4.82. The van der Waals surface area contributed by atoms with Crippen molar-refractivity contribution in [1.29, 1.82) is 0 Å². The molecule has 0 atom stereocenters. The summed E-state index contributed by atoms with van der Waals surface area (Å²) >= 11 is 0. The van der Waals surface area contributed by atoms with Gasteiger partial charge in [0, 0.05) is 25.9 Å². The Bertz CT molecular complexity index is 1220. The van der Waals surface area contributed by atoms with Gasteiger partial charge in [0.2, 0.25) is 0 Å². The zero-order chi connectivity index (χ0) is 20.8. The van der Waals surface area contributed by atoms with Crippen molar-refractivity contribution in [3.05, 3.63) is 77.6 Å². The molecule has 150 valence electrons. The number of para-hydroxylation sites is 1. The van der Waals surface area contributed by atoms with E-state index in [4.69, 9.17) is 0 Å². The van der Waals surface area contributed by atoms with Gasteiger partial charge in [-0.1, -0.05) is 18.2 Å². The third-order valence-corrected chi connectivity index (χ3v) is 6.60. The van der Waals surface area contributed by atoms with Crippen LogP contribution in [0.3, 0.4) is 0 Å². The van der Waals surface area contributed by atoms with Gasteiger partial charge < -0.3 is 9.88 Å². The lowest BCUT2D eigenvalue weighted by Crippen LogP contribution is -2.28. The fraction of sp³-hybridized carbons (Fsp3) is 0.150. The lowest BCUT2D eigenvalue weighted by Gasteiger charge is -2.18. The number of sulfonamides is 1. The number of halogens is 2. The number of amides is 1. The number of nitrogens with zero attached hydrogens (tertiary/aromatic N) is 2. The van der Waals surface area contributed by atoms with E-state index in [0.717, 1.165) is 17.7 Å². The second-order valence-corrected chi connectivity index (χ2v) is 8.57. The number of anilines is 2. The molecule has 0 saturated carbocycles. The molecule has 0 aliphatic carbocycles. The van der Waals surface area contributed by atoms with Crippen LogP contribution in [0.15, 0.2) is 59.6 Å². The number of rotatable bonds is 4. The predicted octanol–water partition coefficient (Wildman–Crippen LogP) is 3.31. The van der Waals surface area contributed by atoms with Crippen LogP contribution in [0.5, 0.6) is 0 Å². The van der Waals surface area contributed by atoms with Gasteiger partial charge in [-0.15, -0.1) is 0 Å². The van der Waals surface area contributed by atoms with E-state index in [9.17, 15) is 22.0 Å². The number of hydrogen-bond donors (Lipinski definition) is 1. The fourth-order valence-corrected chi connectivity index (χ4v) is 4.94. The maximum absolute atomic E-state index is 13.8. The molecule has 0 saturated heterocycles. The van der Waals surface area contributed by atoms with E-state index in [0.29, 0.717) is 24.7 Å².